The van der Waals surface area contributed by atoms with E-state index in [1.54, 1.807) is 4.68 Å². The molecule has 11 heteroatoms. The Morgan fingerprint density at radius 2 is 1.95 bits per heavy atom. The highest BCUT2D eigenvalue weighted by atomic mass is 16.7. The van der Waals surface area contributed by atoms with Crippen LogP contribution >= 0.6 is 0 Å². The first-order valence-corrected chi connectivity index (χ1v) is 16.0. The van der Waals surface area contributed by atoms with E-state index in [2.05, 4.69) is 36.2 Å². The summed E-state index contributed by atoms with van der Waals surface area (Å²) in [4.78, 5) is 30.5. The molecule has 4 fully saturated rings. The van der Waals surface area contributed by atoms with Gasteiger partial charge >= 0.3 is 13.1 Å². The van der Waals surface area contributed by atoms with Crippen LogP contribution in [0, 0.1) is 17.3 Å². The van der Waals surface area contributed by atoms with Crippen molar-refractivity contribution >= 4 is 25.1 Å². The fourth-order valence-electron chi connectivity index (χ4n) is 7.22. The van der Waals surface area contributed by atoms with Crippen molar-refractivity contribution in [2.45, 2.75) is 110 Å². The Balaban J connectivity index is 1.31. The standard InChI is InChI=1S/C33H48BN5O5/c1-31(2,3)42-30(41)16-15-27-37-28(18-22-12-8-7-9-13-22)39(38-27)21-29(40)36-26(14-10-11-17-35)34-43-25-20-23-19-24(32(23,4)5)33(25,6)44-34/h7-9,12-13,15-16,23-26H,10-11,14,17-21,35H2,1-6H3,(H,36,40)/b16-15+/t23-,24-,25+,26-,33-/m0/s1. The first kappa shape index (κ1) is 32.4. The number of carbonyl (C=O) groups is 2. The number of unbranched alkanes of at least 4 members (excludes halogenated alkanes) is 1. The van der Waals surface area contributed by atoms with E-state index in [4.69, 9.17) is 19.8 Å². The summed E-state index contributed by atoms with van der Waals surface area (Å²) >= 11 is 0. The maximum Gasteiger partial charge on any atom is 0.481 e. The van der Waals surface area contributed by atoms with E-state index in [9.17, 15) is 9.59 Å². The Labute approximate surface area is 261 Å². The van der Waals surface area contributed by atoms with Gasteiger partial charge in [0.2, 0.25) is 5.91 Å². The van der Waals surface area contributed by atoms with Crippen LogP contribution in [0.4, 0.5) is 0 Å². The van der Waals surface area contributed by atoms with Gasteiger partial charge in [0.25, 0.3) is 0 Å². The Morgan fingerprint density at radius 1 is 1.20 bits per heavy atom. The molecule has 3 saturated carbocycles. The number of aromatic nitrogens is 3. The van der Waals surface area contributed by atoms with Gasteiger partial charge in [-0.25, -0.2) is 14.5 Å². The second kappa shape index (κ2) is 12.8. The summed E-state index contributed by atoms with van der Waals surface area (Å²) in [6, 6.07) is 9.88. The van der Waals surface area contributed by atoms with Crippen LogP contribution in [0.3, 0.4) is 0 Å². The average Bonchev–Trinajstić information content (AvgIpc) is 3.50. The molecule has 5 atom stereocenters. The topological polar surface area (TPSA) is 131 Å². The number of ether oxygens (including phenoxy) is 1. The minimum absolute atomic E-state index is 0.0327. The van der Waals surface area contributed by atoms with Crippen LogP contribution in [0.5, 0.6) is 0 Å². The molecule has 1 saturated heterocycles. The van der Waals surface area contributed by atoms with Gasteiger partial charge in [0.1, 0.15) is 18.0 Å². The summed E-state index contributed by atoms with van der Waals surface area (Å²) in [6.45, 7) is 12.9. The maximum atomic E-state index is 13.6. The number of hydrogen-bond donors (Lipinski definition) is 2. The normalized spacial score (nSPS) is 26.2. The van der Waals surface area contributed by atoms with Gasteiger partial charge in [-0.05, 0) is 88.8 Å². The third-order valence-electron chi connectivity index (χ3n) is 9.65. The first-order chi connectivity index (χ1) is 20.8. The molecule has 10 nitrogen and oxygen atoms in total. The van der Waals surface area contributed by atoms with Crippen LogP contribution in [0.2, 0.25) is 0 Å². The van der Waals surface area contributed by atoms with Gasteiger partial charge < -0.3 is 25.1 Å². The number of benzene rings is 1. The lowest BCUT2D eigenvalue weighted by atomic mass is 9.43. The van der Waals surface area contributed by atoms with Gasteiger partial charge in [-0.3, -0.25) is 4.79 Å². The fourth-order valence-corrected chi connectivity index (χ4v) is 7.22. The van der Waals surface area contributed by atoms with Gasteiger partial charge in [-0.15, -0.1) is 0 Å². The number of hydrogen-bond acceptors (Lipinski definition) is 8. The molecule has 6 rings (SSSR count). The molecule has 1 amide bonds. The summed E-state index contributed by atoms with van der Waals surface area (Å²) < 4.78 is 20.2. The third-order valence-corrected chi connectivity index (χ3v) is 9.65. The lowest BCUT2D eigenvalue weighted by molar-refractivity contribution is -0.199. The van der Waals surface area contributed by atoms with Gasteiger partial charge in [0.05, 0.1) is 17.6 Å². The van der Waals surface area contributed by atoms with Gasteiger partial charge in [-0.2, -0.15) is 5.10 Å². The van der Waals surface area contributed by atoms with Crippen molar-refractivity contribution in [2.24, 2.45) is 23.0 Å². The summed E-state index contributed by atoms with van der Waals surface area (Å²) in [6.07, 6.45) is 7.91. The number of nitrogens with one attached hydrogen (secondary N) is 1. The van der Waals surface area contributed by atoms with Crippen LogP contribution in [-0.2, 0) is 36.6 Å². The molecule has 0 unspecified atom stereocenters. The summed E-state index contributed by atoms with van der Waals surface area (Å²) in [5.74, 6) is 1.02. The van der Waals surface area contributed by atoms with Crippen LogP contribution in [-0.4, -0.2) is 63.6 Å². The van der Waals surface area contributed by atoms with Crippen molar-refractivity contribution in [1.82, 2.24) is 20.1 Å². The monoisotopic (exact) mass is 605 g/mol. The van der Waals surface area contributed by atoms with Crippen LogP contribution in [0.15, 0.2) is 36.4 Å². The summed E-state index contributed by atoms with van der Waals surface area (Å²) in [7, 11) is -0.520. The average molecular weight is 606 g/mol. The molecule has 1 aromatic carbocycles. The minimum Gasteiger partial charge on any atom is -0.457 e. The molecule has 2 heterocycles. The number of rotatable bonds is 12. The summed E-state index contributed by atoms with van der Waals surface area (Å²) in [5.41, 5.74) is 6.10. The molecule has 0 spiro atoms. The predicted octanol–water partition coefficient (Wildman–Crippen LogP) is 4.11. The molecule has 4 aliphatic rings. The van der Waals surface area contributed by atoms with Crippen LogP contribution in [0.25, 0.3) is 6.08 Å². The highest BCUT2D eigenvalue weighted by Crippen LogP contribution is 2.65. The fraction of sp³-hybridized carbons (Fsp3) is 0.636. The minimum atomic E-state index is -0.607. The molecule has 44 heavy (non-hydrogen) atoms. The molecule has 0 radical (unpaired) electrons. The van der Waals surface area contributed by atoms with Gasteiger partial charge in [0, 0.05) is 12.5 Å². The second-order valence-corrected chi connectivity index (χ2v) is 14.4. The molecule has 1 aliphatic heterocycles. The summed E-state index contributed by atoms with van der Waals surface area (Å²) in [5, 5.41) is 7.78. The molecular formula is C33H48BN5O5. The molecule has 3 aliphatic carbocycles. The molecule has 238 valence electrons. The van der Waals surface area contributed by atoms with Crippen molar-refractivity contribution in [3.05, 3.63) is 53.6 Å². The highest BCUT2D eigenvalue weighted by molar-refractivity contribution is 6.47. The lowest BCUT2D eigenvalue weighted by Crippen LogP contribution is -2.65. The van der Waals surface area contributed by atoms with Crippen LogP contribution in [0.1, 0.15) is 90.9 Å². The van der Waals surface area contributed by atoms with Crippen LogP contribution < -0.4 is 11.1 Å². The van der Waals surface area contributed by atoms with E-state index in [0.717, 1.165) is 24.8 Å². The number of nitrogens with zero attached hydrogens (tertiary/aromatic N) is 3. The SMILES string of the molecule is CC(C)(C)OC(=O)/C=C/c1nc(Cc2ccccc2)n(CC(=O)N[C@@H](CCCCN)B2O[C@@H]3C[C@@H]4C[C@@H](C4(C)C)[C@]3(C)O2)n1. The predicted molar refractivity (Wildman–Crippen MR) is 169 cm³/mol. The van der Waals surface area contributed by atoms with Crippen molar-refractivity contribution < 1.29 is 23.6 Å². The van der Waals surface area contributed by atoms with Gasteiger partial charge in [-0.1, -0.05) is 50.6 Å². The zero-order chi connectivity index (χ0) is 31.7. The van der Waals surface area contributed by atoms with E-state index in [1.807, 2.05) is 51.1 Å². The zero-order valence-electron chi connectivity index (χ0n) is 27.0. The molecular weight excluding hydrogens is 557 g/mol. The third kappa shape index (κ3) is 7.10. The van der Waals surface area contributed by atoms with E-state index in [0.29, 0.717) is 42.9 Å². The number of amides is 1. The van der Waals surface area contributed by atoms with E-state index >= 15 is 0 Å². The van der Waals surface area contributed by atoms with E-state index < -0.39 is 18.7 Å². The number of nitrogens with two attached hydrogens (primary N) is 1. The molecule has 2 aromatic rings. The zero-order valence-corrected chi connectivity index (χ0v) is 27.0. The number of carbonyl (C=O) groups excluding carboxylic acids is 2. The number of esters is 1. The Kier molecular flexibility index (Phi) is 9.40. The quantitative estimate of drug-likeness (QED) is 0.160. The van der Waals surface area contributed by atoms with Crippen molar-refractivity contribution in [3.8, 4) is 0 Å². The Bertz CT molecular complexity index is 1360. The van der Waals surface area contributed by atoms with Crippen molar-refractivity contribution in [2.75, 3.05) is 6.54 Å². The van der Waals surface area contributed by atoms with Gasteiger partial charge in [0.15, 0.2) is 5.82 Å². The molecule has 1 aromatic heterocycles. The Morgan fingerprint density at radius 3 is 2.64 bits per heavy atom. The largest absolute Gasteiger partial charge is 0.481 e. The highest BCUT2D eigenvalue weighted by Gasteiger charge is 2.68. The lowest BCUT2D eigenvalue weighted by Gasteiger charge is -2.64. The smallest absolute Gasteiger partial charge is 0.457 e. The molecule has 3 N–H and O–H groups in total. The molecule has 2 bridgehead atoms. The first-order valence-electron chi connectivity index (χ1n) is 16.0. The van der Waals surface area contributed by atoms with Crippen molar-refractivity contribution in [3.63, 3.8) is 0 Å². The maximum absolute atomic E-state index is 13.6. The Hall–Kier alpha value is -3.02. The second-order valence-electron chi connectivity index (χ2n) is 14.4. The van der Waals surface area contributed by atoms with Crippen molar-refractivity contribution in [1.29, 1.82) is 0 Å². The van der Waals surface area contributed by atoms with E-state index in [1.165, 1.54) is 18.6 Å². The van der Waals surface area contributed by atoms with E-state index in [-0.39, 0.29) is 35.5 Å².